The molecule has 1 saturated heterocycles. The van der Waals surface area contributed by atoms with Gasteiger partial charge in [-0.25, -0.2) is 9.97 Å². The van der Waals surface area contributed by atoms with E-state index >= 15 is 0 Å². The summed E-state index contributed by atoms with van der Waals surface area (Å²) in [5.41, 5.74) is 3.58. The number of hydrogen-bond acceptors (Lipinski definition) is 6. The van der Waals surface area contributed by atoms with E-state index in [-0.39, 0.29) is 24.4 Å². The van der Waals surface area contributed by atoms with E-state index in [0.29, 0.717) is 42.0 Å². The van der Waals surface area contributed by atoms with Crippen molar-refractivity contribution in [2.45, 2.75) is 57.7 Å². The first-order chi connectivity index (χ1) is 18.8. The highest BCUT2D eigenvalue weighted by Crippen LogP contribution is 2.31. The second-order valence-corrected chi connectivity index (χ2v) is 11.3. The van der Waals surface area contributed by atoms with Gasteiger partial charge in [0.2, 0.25) is 11.9 Å². The van der Waals surface area contributed by atoms with Crippen molar-refractivity contribution < 1.29 is 14.3 Å². The molecule has 5 rings (SSSR count). The number of nitrogens with one attached hydrogen (secondary N) is 2. The Morgan fingerprint density at radius 3 is 2.69 bits per heavy atom. The minimum atomic E-state index is -0.393. The number of nitrogens with zero attached hydrogens (tertiary/aromatic N) is 3. The Hall–Kier alpha value is -3.49. The summed E-state index contributed by atoms with van der Waals surface area (Å²) in [5, 5.41) is 6.88. The van der Waals surface area contributed by atoms with Gasteiger partial charge in [0.25, 0.3) is 5.91 Å². The first-order valence-electron chi connectivity index (χ1n) is 13.4. The van der Waals surface area contributed by atoms with Crippen LogP contribution < -0.4 is 10.6 Å². The first-order valence-corrected chi connectivity index (χ1v) is 13.8. The predicted molar refractivity (Wildman–Crippen MR) is 152 cm³/mol. The molecule has 0 atom stereocenters. The van der Waals surface area contributed by atoms with Gasteiger partial charge in [-0.1, -0.05) is 54.1 Å². The van der Waals surface area contributed by atoms with Crippen LogP contribution in [0.3, 0.4) is 0 Å². The van der Waals surface area contributed by atoms with Crippen molar-refractivity contribution in [2.24, 2.45) is 0 Å². The first kappa shape index (κ1) is 27.1. The normalized spacial score (nSPS) is 15.8. The molecule has 2 aliphatic heterocycles. The van der Waals surface area contributed by atoms with Gasteiger partial charge in [0.05, 0.1) is 16.9 Å². The number of aryl methyl sites for hydroxylation is 1. The zero-order chi connectivity index (χ0) is 27.4. The number of amides is 2. The van der Waals surface area contributed by atoms with Crippen LogP contribution in [0.5, 0.6) is 0 Å². The molecule has 0 bridgehead atoms. The second kappa shape index (κ2) is 11.7. The van der Waals surface area contributed by atoms with Gasteiger partial charge in [-0.3, -0.25) is 9.59 Å². The van der Waals surface area contributed by atoms with E-state index in [9.17, 15) is 9.59 Å². The third-order valence-electron chi connectivity index (χ3n) is 7.25. The number of benzene rings is 2. The summed E-state index contributed by atoms with van der Waals surface area (Å²) in [6, 6.07) is 16.1. The minimum Gasteiger partial charge on any atom is -0.381 e. The molecular weight excluding hydrogens is 514 g/mol. The van der Waals surface area contributed by atoms with Gasteiger partial charge in [0.1, 0.15) is 6.54 Å². The summed E-state index contributed by atoms with van der Waals surface area (Å²) < 4.78 is 5.42. The minimum absolute atomic E-state index is 0.00501. The van der Waals surface area contributed by atoms with Crippen LogP contribution in [0.1, 0.15) is 54.6 Å². The van der Waals surface area contributed by atoms with E-state index in [1.807, 2.05) is 50.2 Å². The molecule has 1 aromatic heterocycles. The van der Waals surface area contributed by atoms with Gasteiger partial charge in [0.15, 0.2) is 0 Å². The van der Waals surface area contributed by atoms with Gasteiger partial charge in [-0.15, -0.1) is 0 Å². The van der Waals surface area contributed by atoms with E-state index in [0.717, 1.165) is 36.8 Å². The van der Waals surface area contributed by atoms with Gasteiger partial charge >= 0.3 is 0 Å². The molecule has 3 heterocycles. The molecule has 0 radical (unpaired) electrons. The van der Waals surface area contributed by atoms with E-state index in [1.54, 1.807) is 11.1 Å². The van der Waals surface area contributed by atoms with Crippen molar-refractivity contribution in [1.29, 1.82) is 0 Å². The Morgan fingerprint density at radius 2 is 1.92 bits per heavy atom. The molecule has 0 saturated carbocycles. The number of aromatic nitrogens is 2. The third-order valence-corrected chi connectivity index (χ3v) is 7.53. The highest BCUT2D eigenvalue weighted by atomic mass is 35.5. The van der Waals surface area contributed by atoms with Gasteiger partial charge < -0.3 is 20.3 Å². The van der Waals surface area contributed by atoms with Crippen LogP contribution in [-0.4, -0.2) is 58.0 Å². The Balaban J connectivity index is 1.22. The smallest absolute Gasteiger partial charge is 0.254 e. The predicted octanol–water partition coefficient (Wildman–Crippen LogP) is 4.87. The number of anilines is 1. The largest absolute Gasteiger partial charge is 0.381 e. The topological polar surface area (TPSA) is 96.5 Å². The van der Waals surface area contributed by atoms with E-state index < -0.39 is 5.54 Å². The van der Waals surface area contributed by atoms with E-state index in [2.05, 4.69) is 32.7 Å². The quantitative estimate of drug-likeness (QED) is 0.397. The lowest BCUT2D eigenvalue weighted by atomic mass is 9.95. The molecule has 2 aliphatic rings. The van der Waals surface area contributed by atoms with Crippen LogP contribution in [0.15, 0.2) is 54.7 Å². The highest BCUT2D eigenvalue weighted by molar-refractivity contribution is 6.33. The molecular formula is C30H34ClN5O3. The van der Waals surface area contributed by atoms with Crippen molar-refractivity contribution in [3.8, 4) is 11.3 Å². The monoisotopic (exact) mass is 547 g/mol. The van der Waals surface area contributed by atoms with Crippen LogP contribution >= 0.6 is 11.6 Å². The number of hydrogen-bond donors (Lipinski definition) is 2. The van der Waals surface area contributed by atoms with Crippen molar-refractivity contribution in [2.75, 3.05) is 25.1 Å². The lowest BCUT2D eigenvalue weighted by Gasteiger charge is -2.27. The van der Waals surface area contributed by atoms with Crippen molar-refractivity contribution in [1.82, 2.24) is 20.2 Å². The maximum atomic E-state index is 13.3. The number of rotatable bonds is 9. The van der Waals surface area contributed by atoms with Crippen molar-refractivity contribution >= 4 is 29.4 Å². The molecule has 3 aromatic rings. The van der Waals surface area contributed by atoms with Crippen LogP contribution in [0.25, 0.3) is 11.3 Å². The lowest BCUT2D eigenvalue weighted by Crippen LogP contribution is -2.48. The third kappa shape index (κ3) is 6.75. The van der Waals surface area contributed by atoms with Gasteiger partial charge in [-0.2, -0.15) is 0 Å². The fraction of sp³-hybridized carbons (Fsp3) is 0.400. The fourth-order valence-corrected chi connectivity index (χ4v) is 5.25. The van der Waals surface area contributed by atoms with Crippen LogP contribution in [-0.2, 0) is 22.5 Å². The number of carbonyl (C=O) groups excluding carboxylic acids is 2. The molecule has 0 unspecified atom stereocenters. The maximum Gasteiger partial charge on any atom is 0.254 e. The zero-order valence-electron chi connectivity index (χ0n) is 22.4. The molecule has 9 heteroatoms. The molecule has 1 fully saturated rings. The Morgan fingerprint density at radius 1 is 1.15 bits per heavy atom. The van der Waals surface area contributed by atoms with Crippen LogP contribution in [0.4, 0.5) is 5.95 Å². The standard InChI is InChI=1S/C30H34ClN5O3/c1-30(2,13-10-20-6-4-3-5-7-20)35-26(37)19-36-18-22-9-8-21(16-24(22)28(36)38)27-25(31)17-32-29(34-27)33-23-11-14-39-15-12-23/h3-9,16-17,23H,10-15,18-19H2,1-2H3,(H,35,37)(H,32,33,34). The fourth-order valence-electron chi connectivity index (χ4n) is 5.05. The average molecular weight is 548 g/mol. The number of ether oxygens (including phenoxy) is 1. The summed E-state index contributed by atoms with van der Waals surface area (Å²) in [7, 11) is 0. The molecule has 8 nitrogen and oxygen atoms in total. The second-order valence-electron chi connectivity index (χ2n) is 10.9. The van der Waals surface area contributed by atoms with Gasteiger partial charge in [0, 0.05) is 42.5 Å². The van der Waals surface area contributed by atoms with Crippen molar-refractivity contribution in [3.05, 3.63) is 76.4 Å². The molecule has 0 aliphatic carbocycles. The molecule has 39 heavy (non-hydrogen) atoms. The molecule has 2 N–H and O–H groups in total. The molecule has 2 aromatic carbocycles. The van der Waals surface area contributed by atoms with Crippen molar-refractivity contribution in [3.63, 3.8) is 0 Å². The highest BCUT2D eigenvalue weighted by Gasteiger charge is 2.31. The summed E-state index contributed by atoms with van der Waals surface area (Å²) >= 11 is 6.46. The Bertz CT molecular complexity index is 1340. The average Bonchev–Trinajstić information content (AvgIpc) is 3.23. The van der Waals surface area contributed by atoms with Gasteiger partial charge in [-0.05, 0) is 56.7 Å². The summed E-state index contributed by atoms with van der Waals surface area (Å²) in [6.07, 6.45) is 5.02. The number of fused-ring (bicyclic) bond motifs is 1. The SMILES string of the molecule is CC(C)(CCc1ccccc1)NC(=O)CN1Cc2ccc(-c3nc(NC4CCOCC4)ncc3Cl)cc2C1=O. The zero-order valence-corrected chi connectivity index (χ0v) is 23.1. The summed E-state index contributed by atoms with van der Waals surface area (Å²) in [6.45, 7) is 5.84. The summed E-state index contributed by atoms with van der Waals surface area (Å²) in [5.74, 6) is 0.160. The maximum absolute atomic E-state index is 13.3. The van der Waals surface area contributed by atoms with E-state index in [4.69, 9.17) is 16.3 Å². The van der Waals surface area contributed by atoms with Crippen LogP contribution in [0.2, 0.25) is 5.02 Å². The molecule has 2 amide bonds. The number of carbonyl (C=O) groups is 2. The Kier molecular flexibility index (Phi) is 8.14. The molecule has 0 spiro atoms. The summed E-state index contributed by atoms with van der Waals surface area (Å²) in [4.78, 5) is 36.7. The lowest BCUT2D eigenvalue weighted by molar-refractivity contribution is -0.123. The van der Waals surface area contributed by atoms with Crippen LogP contribution in [0, 0.1) is 0 Å². The Labute approximate surface area is 234 Å². The number of halogens is 1. The van der Waals surface area contributed by atoms with E-state index in [1.165, 1.54) is 5.56 Å². The molecule has 204 valence electrons.